The predicted molar refractivity (Wildman–Crippen MR) is 81.4 cm³/mol. The molecule has 0 radical (unpaired) electrons. The SMILES string of the molecule is CC(C)Oc1ccc(C(=O)CCCCCCO)cc1C#N. The van der Waals surface area contributed by atoms with Gasteiger partial charge in [0.2, 0.25) is 0 Å². The fourth-order valence-corrected chi connectivity index (χ4v) is 2.04. The highest BCUT2D eigenvalue weighted by Crippen LogP contribution is 2.22. The van der Waals surface area contributed by atoms with Crippen LogP contribution in [0.2, 0.25) is 0 Å². The van der Waals surface area contributed by atoms with Crippen LogP contribution < -0.4 is 4.74 Å². The molecule has 1 N–H and O–H groups in total. The third-order valence-electron chi connectivity index (χ3n) is 3.10. The molecule has 1 rings (SSSR count). The lowest BCUT2D eigenvalue weighted by Crippen LogP contribution is -2.08. The fourth-order valence-electron chi connectivity index (χ4n) is 2.04. The summed E-state index contributed by atoms with van der Waals surface area (Å²) in [6.07, 6.45) is 3.94. The van der Waals surface area contributed by atoms with Gasteiger partial charge in [-0.25, -0.2) is 0 Å². The molecule has 0 amide bonds. The van der Waals surface area contributed by atoms with Gasteiger partial charge in [0, 0.05) is 18.6 Å². The Morgan fingerprint density at radius 1 is 1.29 bits per heavy atom. The summed E-state index contributed by atoms with van der Waals surface area (Å²) in [6.45, 7) is 4.00. The van der Waals surface area contributed by atoms with Crippen molar-refractivity contribution in [1.29, 1.82) is 5.26 Å². The van der Waals surface area contributed by atoms with Crippen LogP contribution in [-0.4, -0.2) is 23.6 Å². The Balaban J connectivity index is 2.63. The lowest BCUT2D eigenvalue weighted by Gasteiger charge is -2.11. The van der Waals surface area contributed by atoms with Gasteiger partial charge in [0.1, 0.15) is 11.8 Å². The molecular formula is C17H23NO3. The number of hydrogen-bond donors (Lipinski definition) is 1. The zero-order chi connectivity index (χ0) is 15.7. The number of benzene rings is 1. The lowest BCUT2D eigenvalue weighted by atomic mass is 10.0. The average molecular weight is 289 g/mol. The molecule has 0 fully saturated rings. The number of nitriles is 1. The first-order chi connectivity index (χ1) is 10.1. The minimum atomic E-state index is -0.00910. The minimum Gasteiger partial charge on any atom is -0.490 e. The van der Waals surface area contributed by atoms with Crippen LogP contribution in [0.3, 0.4) is 0 Å². The maximum Gasteiger partial charge on any atom is 0.162 e. The number of carbonyl (C=O) groups excluding carboxylic acids is 1. The largest absolute Gasteiger partial charge is 0.490 e. The molecule has 0 heterocycles. The molecule has 0 saturated heterocycles. The minimum absolute atomic E-state index is 0.00910. The molecule has 0 atom stereocenters. The number of aliphatic hydroxyl groups excluding tert-OH is 1. The second-order valence-corrected chi connectivity index (χ2v) is 5.30. The van der Waals surface area contributed by atoms with E-state index < -0.39 is 0 Å². The Morgan fingerprint density at radius 2 is 2.00 bits per heavy atom. The Hall–Kier alpha value is -1.86. The van der Waals surface area contributed by atoms with Crippen molar-refractivity contribution >= 4 is 5.78 Å². The van der Waals surface area contributed by atoms with Crippen LogP contribution in [0.15, 0.2) is 18.2 Å². The highest BCUT2D eigenvalue weighted by molar-refractivity contribution is 5.96. The molecule has 4 nitrogen and oxygen atoms in total. The van der Waals surface area contributed by atoms with E-state index in [1.54, 1.807) is 18.2 Å². The van der Waals surface area contributed by atoms with Gasteiger partial charge in [-0.15, -0.1) is 0 Å². The molecule has 0 bridgehead atoms. The second kappa shape index (κ2) is 9.15. The molecule has 1 aromatic rings. The summed E-state index contributed by atoms with van der Waals surface area (Å²) in [5.41, 5.74) is 0.958. The van der Waals surface area contributed by atoms with E-state index in [1.165, 1.54) is 0 Å². The van der Waals surface area contributed by atoms with E-state index >= 15 is 0 Å². The molecule has 0 aliphatic rings. The van der Waals surface area contributed by atoms with Crippen LogP contribution in [0.25, 0.3) is 0 Å². The average Bonchev–Trinajstić information content (AvgIpc) is 2.46. The molecule has 1 aromatic carbocycles. The van der Waals surface area contributed by atoms with E-state index in [1.807, 2.05) is 13.8 Å². The summed E-state index contributed by atoms with van der Waals surface area (Å²) < 4.78 is 5.54. The molecule has 0 saturated carbocycles. The number of ether oxygens (including phenoxy) is 1. The summed E-state index contributed by atoms with van der Waals surface area (Å²) in [7, 11) is 0. The Morgan fingerprint density at radius 3 is 2.62 bits per heavy atom. The lowest BCUT2D eigenvalue weighted by molar-refractivity contribution is 0.0979. The van der Waals surface area contributed by atoms with E-state index in [0.29, 0.717) is 23.3 Å². The van der Waals surface area contributed by atoms with Gasteiger partial charge in [-0.1, -0.05) is 12.8 Å². The van der Waals surface area contributed by atoms with E-state index in [0.717, 1.165) is 25.7 Å². The van der Waals surface area contributed by atoms with Gasteiger partial charge in [-0.2, -0.15) is 5.26 Å². The summed E-state index contributed by atoms with van der Waals surface area (Å²) in [4.78, 5) is 12.1. The standard InChI is InChI=1S/C17H23NO3/c1-13(2)21-17-9-8-14(11-15(17)12-18)16(20)7-5-3-4-6-10-19/h8-9,11,13,19H,3-7,10H2,1-2H3. The van der Waals surface area contributed by atoms with Crippen molar-refractivity contribution in [3.8, 4) is 11.8 Å². The molecule has 0 spiro atoms. The van der Waals surface area contributed by atoms with E-state index in [-0.39, 0.29) is 18.5 Å². The number of unbranched alkanes of at least 4 members (excludes halogenated alkanes) is 3. The van der Waals surface area contributed by atoms with Crippen LogP contribution in [0.5, 0.6) is 5.75 Å². The van der Waals surface area contributed by atoms with Crippen LogP contribution in [0, 0.1) is 11.3 Å². The third-order valence-corrected chi connectivity index (χ3v) is 3.10. The van der Waals surface area contributed by atoms with Gasteiger partial charge in [0.25, 0.3) is 0 Å². The topological polar surface area (TPSA) is 70.3 Å². The summed E-state index contributed by atoms with van der Waals surface area (Å²) in [6, 6.07) is 7.09. The number of ketones is 1. The van der Waals surface area contributed by atoms with Crippen LogP contribution in [-0.2, 0) is 0 Å². The summed E-state index contributed by atoms with van der Waals surface area (Å²) >= 11 is 0. The van der Waals surface area contributed by atoms with Gasteiger partial charge in [-0.3, -0.25) is 4.79 Å². The Kier molecular flexibility index (Phi) is 7.49. The number of Topliss-reactive ketones (excluding diaryl/α,β-unsaturated/α-hetero) is 1. The monoisotopic (exact) mass is 289 g/mol. The molecule has 4 heteroatoms. The quantitative estimate of drug-likeness (QED) is 0.558. The molecule has 114 valence electrons. The zero-order valence-corrected chi connectivity index (χ0v) is 12.8. The van der Waals surface area contributed by atoms with Crippen LogP contribution >= 0.6 is 0 Å². The van der Waals surface area contributed by atoms with E-state index in [4.69, 9.17) is 15.1 Å². The second-order valence-electron chi connectivity index (χ2n) is 5.30. The van der Waals surface area contributed by atoms with E-state index in [9.17, 15) is 4.79 Å². The first kappa shape index (κ1) is 17.2. The zero-order valence-electron chi connectivity index (χ0n) is 12.8. The molecular weight excluding hydrogens is 266 g/mol. The number of hydrogen-bond acceptors (Lipinski definition) is 4. The van der Waals surface area contributed by atoms with Crippen molar-refractivity contribution in [3.63, 3.8) is 0 Å². The van der Waals surface area contributed by atoms with Crippen molar-refractivity contribution < 1.29 is 14.6 Å². The van der Waals surface area contributed by atoms with Crippen molar-refractivity contribution in [1.82, 2.24) is 0 Å². The molecule has 21 heavy (non-hydrogen) atoms. The fraction of sp³-hybridized carbons (Fsp3) is 0.529. The maximum absolute atomic E-state index is 12.1. The first-order valence-corrected chi connectivity index (χ1v) is 7.43. The number of aliphatic hydroxyl groups is 1. The highest BCUT2D eigenvalue weighted by atomic mass is 16.5. The number of carbonyl (C=O) groups is 1. The molecule has 0 unspecified atom stereocenters. The van der Waals surface area contributed by atoms with Crippen molar-refractivity contribution in [2.45, 2.75) is 52.1 Å². The Bertz CT molecular complexity index is 503. The van der Waals surface area contributed by atoms with E-state index in [2.05, 4.69) is 6.07 Å². The van der Waals surface area contributed by atoms with Crippen molar-refractivity contribution in [2.24, 2.45) is 0 Å². The van der Waals surface area contributed by atoms with Gasteiger partial charge in [-0.05, 0) is 44.9 Å². The molecule has 0 aliphatic heterocycles. The normalized spacial score (nSPS) is 10.4. The number of rotatable bonds is 9. The van der Waals surface area contributed by atoms with Gasteiger partial charge >= 0.3 is 0 Å². The molecule has 0 aliphatic carbocycles. The van der Waals surface area contributed by atoms with Crippen molar-refractivity contribution in [3.05, 3.63) is 29.3 Å². The van der Waals surface area contributed by atoms with Crippen molar-refractivity contribution in [2.75, 3.05) is 6.61 Å². The summed E-state index contributed by atoms with van der Waals surface area (Å²) in [5.74, 6) is 0.568. The van der Waals surface area contributed by atoms with Gasteiger partial charge in [0.15, 0.2) is 5.78 Å². The van der Waals surface area contributed by atoms with Crippen LogP contribution in [0.1, 0.15) is 61.9 Å². The first-order valence-electron chi connectivity index (χ1n) is 7.43. The smallest absolute Gasteiger partial charge is 0.162 e. The number of nitrogens with zero attached hydrogens (tertiary/aromatic N) is 1. The molecule has 0 aromatic heterocycles. The highest BCUT2D eigenvalue weighted by Gasteiger charge is 2.11. The van der Waals surface area contributed by atoms with Gasteiger partial charge < -0.3 is 9.84 Å². The third kappa shape index (κ3) is 5.97. The summed E-state index contributed by atoms with van der Waals surface area (Å²) in [5, 5.41) is 17.8. The Labute approximate surface area is 126 Å². The predicted octanol–water partition coefficient (Wildman–Crippen LogP) is 3.47. The maximum atomic E-state index is 12.1. The van der Waals surface area contributed by atoms with Gasteiger partial charge in [0.05, 0.1) is 11.7 Å². The van der Waals surface area contributed by atoms with Crippen LogP contribution in [0.4, 0.5) is 0 Å².